The van der Waals surface area contributed by atoms with Crippen molar-refractivity contribution in [3.8, 4) is 0 Å². The van der Waals surface area contributed by atoms with Gasteiger partial charge in [-0.2, -0.15) is 0 Å². The Labute approximate surface area is 48.5 Å². The van der Waals surface area contributed by atoms with Crippen LogP contribution in [0.3, 0.4) is 0 Å². The molecule has 36 valence electrons. The van der Waals surface area contributed by atoms with Crippen LogP contribution in [-0.4, -0.2) is 10.9 Å². The van der Waals surface area contributed by atoms with Crippen molar-refractivity contribution < 1.29 is 0 Å². The second-order valence-electron chi connectivity index (χ2n) is 0.835. The summed E-state index contributed by atoms with van der Waals surface area (Å²) in [5.74, 6) is 0. The van der Waals surface area contributed by atoms with Crippen molar-refractivity contribution in [1.29, 1.82) is 0 Å². The molecule has 0 aromatic rings. The predicted octanol–water partition coefficient (Wildman–Crippen LogP) is 0.811. The number of hydrogen-bond donors (Lipinski definition) is 2. The molecular weight excluding hydrogens is 114 g/mol. The Kier molecular flexibility index (Phi) is 3.57. The SMILES string of the molecule is CCNC(=S)S. The minimum atomic E-state index is 0.567. The van der Waals surface area contributed by atoms with Crippen LogP contribution in [0, 0.1) is 0 Å². The molecule has 0 radical (unpaired) electrons. The van der Waals surface area contributed by atoms with E-state index >= 15 is 0 Å². The van der Waals surface area contributed by atoms with Gasteiger partial charge in [-0.1, -0.05) is 12.2 Å². The van der Waals surface area contributed by atoms with Gasteiger partial charge in [-0.25, -0.2) is 0 Å². The molecule has 0 amide bonds. The van der Waals surface area contributed by atoms with Crippen LogP contribution in [0.5, 0.6) is 0 Å². The lowest BCUT2D eigenvalue weighted by molar-refractivity contribution is 0.996. The lowest BCUT2D eigenvalue weighted by atomic mass is 10.8. The molecule has 0 heterocycles. The molecule has 1 nitrogen and oxygen atoms in total. The molecule has 6 heavy (non-hydrogen) atoms. The van der Waals surface area contributed by atoms with Crippen molar-refractivity contribution in [2.75, 3.05) is 6.54 Å². The molecule has 0 aromatic carbocycles. The quantitative estimate of drug-likeness (QED) is 0.393. The van der Waals surface area contributed by atoms with Crippen LogP contribution >= 0.6 is 24.8 Å². The maximum atomic E-state index is 4.55. The van der Waals surface area contributed by atoms with E-state index in [9.17, 15) is 0 Å². The van der Waals surface area contributed by atoms with Gasteiger partial charge in [0.1, 0.15) is 4.32 Å². The summed E-state index contributed by atoms with van der Waals surface area (Å²) >= 11 is 8.35. The summed E-state index contributed by atoms with van der Waals surface area (Å²) in [6.45, 7) is 2.84. The summed E-state index contributed by atoms with van der Waals surface area (Å²) in [5.41, 5.74) is 0. The number of nitrogens with one attached hydrogen (secondary N) is 1. The van der Waals surface area contributed by atoms with Crippen molar-refractivity contribution in [2.24, 2.45) is 0 Å². The molecule has 3 heteroatoms. The average Bonchev–Trinajstić information content (AvgIpc) is 1.35. The summed E-state index contributed by atoms with van der Waals surface area (Å²) in [6.07, 6.45) is 0. The molecule has 0 bridgehead atoms. The maximum Gasteiger partial charge on any atom is 0.130 e. The number of hydrogen-bond acceptors (Lipinski definition) is 1. The van der Waals surface area contributed by atoms with E-state index in [4.69, 9.17) is 0 Å². The van der Waals surface area contributed by atoms with Crippen LogP contribution in [0.15, 0.2) is 0 Å². The van der Waals surface area contributed by atoms with E-state index in [1.807, 2.05) is 6.92 Å². The molecular formula is C3H7NS2. The number of thiocarbonyl (C=S) groups is 1. The van der Waals surface area contributed by atoms with Crippen LogP contribution in [0.1, 0.15) is 6.92 Å². The van der Waals surface area contributed by atoms with Gasteiger partial charge in [0.15, 0.2) is 0 Å². The third-order valence-electron chi connectivity index (χ3n) is 0.328. The lowest BCUT2D eigenvalue weighted by Gasteiger charge is -1.91. The molecule has 1 N–H and O–H groups in total. The minimum absolute atomic E-state index is 0.567. The molecule has 0 aromatic heterocycles. The topological polar surface area (TPSA) is 12.0 Å². The molecule has 0 unspecified atom stereocenters. The summed E-state index contributed by atoms with van der Waals surface area (Å²) in [5, 5.41) is 2.80. The smallest absolute Gasteiger partial charge is 0.130 e. The van der Waals surface area contributed by atoms with E-state index in [2.05, 4.69) is 30.2 Å². The highest BCUT2D eigenvalue weighted by Gasteiger charge is 1.74. The third-order valence-corrected chi connectivity index (χ3v) is 0.630. The van der Waals surface area contributed by atoms with E-state index in [1.54, 1.807) is 0 Å². The molecule has 0 atom stereocenters. The molecule has 0 aliphatic carbocycles. The van der Waals surface area contributed by atoms with Gasteiger partial charge >= 0.3 is 0 Å². The Hall–Kier alpha value is 0.240. The standard InChI is InChI=1S/C3H7NS2/c1-2-4-3(5)6/h2H2,1H3,(H2,4,5,6). The highest BCUT2D eigenvalue weighted by molar-refractivity contribution is 8.11. The van der Waals surface area contributed by atoms with E-state index in [1.165, 1.54) is 0 Å². The van der Waals surface area contributed by atoms with E-state index in [0.29, 0.717) is 4.32 Å². The van der Waals surface area contributed by atoms with E-state index in [0.717, 1.165) is 6.54 Å². The fourth-order valence-electron chi connectivity index (χ4n) is 0.151. The summed E-state index contributed by atoms with van der Waals surface area (Å²) < 4.78 is 0.567. The molecule has 0 aliphatic rings. The molecule has 0 spiro atoms. The van der Waals surface area contributed by atoms with Crippen LogP contribution in [0.2, 0.25) is 0 Å². The largest absolute Gasteiger partial charge is 0.371 e. The van der Waals surface area contributed by atoms with Gasteiger partial charge in [0, 0.05) is 6.54 Å². The Morgan fingerprint density at radius 3 is 2.50 bits per heavy atom. The highest BCUT2D eigenvalue weighted by Crippen LogP contribution is 1.72. The summed E-state index contributed by atoms with van der Waals surface area (Å²) in [7, 11) is 0. The van der Waals surface area contributed by atoms with Gasteiger partial charge in [-0.3, -0.25) is 0 Å². The first-order chi connectivity index (χ1) is 2.77. The minimum Gasteiger partial charge on any atom is -0.371 e. The Morgan fingerprint density at radius 1 is 2.00 bits per heavy atom. The monoisotopic (exact) mass is 121 g/mol. The zero-order valence-electron chi connectivity index (χ0n) is 3.56. The average molecular weight is 121 g/mol. The molecule has 0 aliphatic heterocycles. The summed E-state index contributed by atoms with van der Waals surface area (Å²) in [6, 6.07) is 0. The second kappa shape index (κ2) is 3.43. The summed E-state index contributed by atoms with van der Waals surface area (Å²) in [4.78, 5) is 0. The highest BCUT2D eigenvalue weighted by atomic mass is 32.1. The van der Waals surface area contributed by atoms with Crippen LogP contribution in [0.4, 0.5) is 0 Å². The Bertz CT molecular complexity index is 52.8. The normalized spacial score (nSPS) is 7.67. The van der Waals surface area contributed by atoms with E-state index < -0.39 is 0 Å². The van der Waals surface area contributed by atoms with Gasteiger partial charge in [-0.15, -0.1) is 12.6 Å². The van der Waals surface area contributed by atoms with Crippen LogP contribution in [-0.2, 0) is 0 Å². The van der Waals surface area contributed by atoms with Crippen molar-refractivity contribution in [3.63, 3.8) is 0 Å². The van der Waals surface area contributed by atoms with Crippen LogP contribution < -0.4 is 5.32 Å². The molecule has 0 fully saturated rings. The molecule has 0 saturated carbocycles. The fourth-order valence-corrected chi connectivity index (χ4v) is 0.454. The number of thiol groups is 1. The van der Waals surface area contributed by atoms with Gasteiger partial charge < -0.3 is 5.32 Å². The van der Waals surface area contributed by atoms with Crippen molar-refractivity contribution in [1.82, 2.24) is 5.32 Å². The zero-order valence-corrected chi connectivity index (χ0v) is 5.27. The third kappa shape index (κ3) is 4.24. The first-order valence-corrected chi connectivity index (χ1v) is 2.59. The van der Waals surface area contributed by atoms with Crippen LogP contribution in [0.25, 0.3) is 0 Å². The second-order valence-corrected chi connectivity index (χ2v) is 1.99. The van der Waals surface area contributed by atoms with Gasteiger partial charge in [0.05, 0.1) is 0 Å². The lowest BCUT2D eigenvalue weighted by Crippen LogP contribution is -2.14. The van der Waals surface area contributed by atoms with Gasteiger partial charge in [0.2, 0.25) is 0 Å². The van der Waals surface area contributed by atoms with Gasteiger partial charge in [-0.05, 0) is 6.92 Å². The predicted molar refractivity (Wildman–Crippen MR) is 35.3 cm³/mol. The van der Waals surface area contributed by atoms with Gasteiger partial charge in [0.25, 0.3) is 0 Å². The zero-order chi connectivity index (χ0) is 4.99. The molecule has 0 rings (SSSR count). The maximum absolute atomic E-state index is 4.55. The first-order valence-electron chi connectivity index (χ1n) is 1.74. The Morgan fingerprint density at radius 2 is 2.50 bits per heavy atom. The molecule has 0 saturated heterocycles. The number of rotatable bonds is 1. The fraction of sp³-hybridized carbons (Fsp3) is 0.667. The van der Waals surface area contributed by atoms with E-state index in [-0.39, 0.29) is 0 Å². The first kappa shape index (κ1) is 6.24. The Balaban J connectivity index is 2.83. The van der Waals surface area contributed by atoms with Crippen molar-refractivity contribution in [2.45, 2.75) is 6.92 Å². The van der Waals surface area contributed by atoms with Crippen molar-refractivity contribution in [3.05, 3.63) is 0 Å². The van der Waals surface area contributed by atoms with Crippen molar-refractivity contribution >= 4 is 29.2 Å².